The normalized spacial score (nSPS) is 19.8. The van der Waals surface area contributed by atoms with E-state index in [1.807, 2.05) is 6.92 Å². The van der Waals surface area contributed by atoms with Gasteiger partial charge in [-0.2, -0.15) is 0 Å². The number of rotatable bonds is 8. The van der Waals surface area contributed by atoms with Gasteiger partial charge in [0.2, 0.25) is 0 Å². The average Bonchev–Trinajstić information content (AvgIpc) is 3.61. The number of amides is 2. The van der Waals surface area contributed by atoms with Crippen LogP contribution in [0.15, 0.2) is 41.2 Å². The maximum atomic E-state index is 13.2. The number of halogens is 1. The number of nitrogens with one attached hydrogen (secondary N) is 1. The Hall–Kier alpha value is -2.69. The molecule has 1 aromatic carbocycles. The van der Waals surface area contributed by atoms with Crippen molar-refractivity contribution >= 4 is 33.3 Å². The van der Waals surface area contributed by atoms with E-state index in [9.17, 15) is 22.8 Å². The Morgan fingerprint density at radius 2 is 1.78 bits per heavy atom. The van der Waals surface area contributed by atoms with Gasteiger partial charge in [0.05, 0.1) is 23.7 Å². The van der Waals surface area contributed by atoms with Crippen LogP contribution >= 0.6 is 11.6 Å². The van der Waals surface area contributed by atoms with E-state index in [1.165, 1.54) is 21.6 Å². The van der Waals surface area contributed by atoms with E-state index in [-0.39, 0.29) is 48.6 Å². The molecule has 0 spiro atoms. The van der Waals surface area contributed by atoms with Crippen LogP contribution in [0.4, 0.5) is 0 Å². The van der Waals surface area contributed by atoms with Crippen LogP contribution in [0.2, 0.25) is 5.02 Å². The quantitative estimate of drug-likeness (QED) is 0.554. The number of nitrogens with zero attached hydrogens (tertiary/aromatic N) is 2. The number of sulfone groups is 1. The molecule has 0 radical (unpaired) electrons. The number of ether oxygens (including phenoxy) is 1. The summed E-state index contributed by atoms with van der Waals surface area (Å²) in [5.41, 5.74) is 0.0320. The molecule has 2 aliphatic heterocycles. The number of hydrogen-bond donors (Lipinski definition) is 1. The van der Waals surface area contributed by atoms with Crippen molar-refractivity contribution < 1.29 is 22.7 Å². The smallest absolute Gasteiger partial charge is 0.270 e. The Morgan fingerprint density at radius 1 is 1.08 bits per heavy atom. The fourth-order valence-electron chi connectivity index (χ4n) is 4.88. The molecule has 2 aromatic rings. The summed E-state index contributed by atoms with van der Waals surface area (Å²) in [5, 5.41) is 3.31. The summed E-state index contributed by atoms with van der Waals surface area (Å²) < 4.78 is 32.0. The van der Waals surface area contributed by atoms with Crippen LogP contribution in [0.25, 0.3) is 0 Å². The third-order valence-electron chi connectivity index (χ3n) is 7.27. The molecule has 3 aliphatic rings. The lowest BCUT2D eigenvalue weighted by Crippen LogP contribution is -2.52. The Labute approximate surface area is 214 Å². The highest BCUT2D eigenvalue weighted by molar-refractivity contribution is 7.93. The monoisotopic (exact) mass is 533 g/mol. The summed E-state index contributed by atoms with van der Waals surface area (Å²) in [4.78, 5) is 40.4. The van der Waals surface area contributed by atoms with Gasteiger partial charge >= 0.3 is 0 Å². The van der Waals surface area contributed by atoms with E-state index in [0.717, 1.165) is 5.56 Å². The first-order valence-electron chi connectivity index (χ1n) is 11.9. The molecular formula is C25H28ClN3O6S. The first kappa shape index (κ1) is 25.0. The van der Waals surface area contributed by atoms with Crippen molar-refractivity contribution in [3.8, 4) is 0 Å². The molecule has 11 heteroatoms. The van der Waals surface area contributed by atoms with E-state index in [0.29, 0.717) is 31.1 Å². The molecule has 1 N–H and O–H groups in total. The first-order chi connectivity index (χ1) is 17.0. The van der Waals surface area contributed by atoms with Gasteiger partial charge < -0.3 is 19.5 Å². The molecule has 5 rings (SSSR count). The molecule has 0 atom stereocenters. The lowest BCUT2D eigenvalue weighted by Gasteiger charge is -2.39. The summed E-state index contributed by atoms with van der Waals surface area (Å²) >= 11 is 5.88. The minimum atomic E-state index is -3.43. The Kier molecular flexibility index (Phi) is 6.25. The molecule has 1 aliphatic carbocycles. The van der Waals surface area contributed by atoms with Gasteiger partial charge in [0.15, 0.2) is 9.84 Å². The van der Waals surface area contributed by atoms with Crippen LogP contribution in [0.1, 0.15) is 46.2 Å². The minimum absolute atomic E-state index is 0.0482. The molecule has 192 valence electrons. The van der Waals surface area contributed by atoms with E-state index >= 15 is 0 Å². The summed E-state index contributed by atoms with van der Waals surface area (Å²) in [6.07, 6.45) is 1.05. The van der Waals surface area contributed by atoms with E-state index in [4.69, 9.17) is 16.3 Å². The molecule has 1 saturated heterocycles. The largest absolute Gasteiger partial charge is 0.380 e. The van der Waals surface area contributed by atoms with Gasteiger partial charge in [-0.05, 0) is 42.7 Å². The molecular weight excluding hydrogens is 506 g/mol. The number of carbonyl (C=O) groups excluding carboxylic acids is 2. The zero-order valence-electron chi connectivity index (χ0n) is 20.0. The summed E-state index contributed by atoms with van der Waals surface area (Å²) in [5.74, 6) is -0.880. The predicted molar refractivity (Wildman–Crippen MR) is 134 cm³/mol. The number of aromatic nitrogens is 1. The van der Waals surface area contributed by atoms with E-state index in [1.54, 1.807) is 24.3 Å². The molecule has 0 unspecified atom stereocenters. The lowest BCUT2D eigenvalue weighted by atomic mass is 9.92. The summed E-state index contributed by atoms with van der Waals surface area (Å²) in [6.45, 7) is 3.50. The number of benzene rings is 1. The molecule has 0 bridgehead atoms. The van der Waals surface area contributed by atoms with Gasteiger partial charge in [-0.1, -0.05) is 30.7 Å². The second kappa shape index (κ2) is 9.00. The Balaban J connectivity index is 1.28. The maximum absolute atomic E-state index is 13.2. The second-order valence-corrected chi connectivity index (χ2v) is 13.2. The first-order valence-corrected chi connectivity index (χ1v) is 13.9. The SMILES string of the molecule is CC1(CS(=O)(=O)C2(CN3CCn4c(ccc(C(=O)NCc5ccc(Cl)cc5)c4=O)C3=O)CC2)COC1. The molecule has 1 aromatic heterocycles. The van der Waals surface area contributed by atoms with Gasteiger partial charge in [0.25, 0.3) is 17.4 Å². The van der Waals surface area contributed by atoms with Crippen molar-refractivity contribution in [3.63, 3.8) is 0 Å². The van der Waals surface area contributed by atoms with E-state index in [2.05, 4.69) is 5.32 Å². The second-order valence-electron chi connectivity index (χ2n) is 10.4. The fraction of sp³-hybridized carbons (Fsp3) is 0.480. The number of pyridine rings is 1. The third-order valence-corrected chi connectivity index (χ3v) is 10.5. The van der Waals surface area contributed by atoms with Gasteiger partial charge in [0, 0.05) is 36.6 Å². The topological polar surface area (TPSA) is 115 Å². The van der Waals surface area contributed by atoms with Crippen molar-refractivity contribution in [3.05, 3.63) is 68.6 Å². The molecule has 3 heterocycles. The van der Waals surface area contributed by atoms with Crippen molar-refractivity contribution in [2.45, 2.75) is 37.6 Å². The number of hydrogen-bond acceptors (Lipinski definition) is 6. The van der Waals surface area contributed by atoms with Gasteiger partial charge in [-0.3, -0.25) is 14.4 Å². The number of carbonyl (C=O) groups is 2. The highest BCUT2D eigenvalue weighted by Gasteiger charge is 2.58. The average molecular weight is 534 g/mol. The van der Waals surface area contributed by atoms with Crippen LogP contribution in [-0.2, 0) is 27.7 Å². The zero-order chi connectivity index (χ0) is 25.7. The molecule has 9 nitrogen and oxygen atoms in total. The van der Waals surface area contributed by atoms with E-state index < -0.39 is 32.0 Å². The van der Waals surface area contributed by atoms with Crippen molar-refractivity contribution in [1.29, 1.82) is 0 Å². The van der Waals surface area contributed by atoms with Crippen molar-refractivity contribution in [2.24, 2.45) is 5.41 Å². The maximum Gasteiger partial charge on any atom is 0.270 e. The highest BCUT2D eigenvalue weighted by Crippen LogP contribution is 2.47. The van der Waals surface area contributed by atoms with Gasteiger partial charge in [-0.15, -0.1) is 0 Å². The number of fused-ring (bicyclic) bond motifs is 1. The highest BCUT2D eigenvalue weighted by atomic mass is 35.5. The van der Waals surface area contributed by atoms with Crippen molar-refractivity contribution in [2.75, 3.05) is 32.1 Å². The fourth-order valence-corrected chi connectivity index (χ4v) is 7.47. The molecule has 2 fully saturated rings. The third kappa shape index (κ3) is 4.57. The predicted octanol–water partition coefficient (Wildman–Crippen LogP) is 1.87. The minimum Gasteiger partial charge on any atom is -0.380 e. The molecule has 36 heavy (non-hydrogen) atoms. The Morgan fingerprint density at radius 3 is 2.39 bits per heavy atom. The van der Waals surface area contributed by atoms with Crippen LogP contribution in [0.5, 0.6) is 0 Å². The summed E-state index contributed by atoms with van der Waals surface area (Å²) in [7, 11) is -3.43. The zero-order valence-corrected chi connectivity index (χ0v) is 21.5. The van der Waals surface area contributed by atoms with Crippen LogP contribution in [0, 0.1) is 5.41 Å². The van der Waals surface area contributed by atoms with Crippen LogP contribution < -0.4 is 10.9 Å². The lowest BCUT2D eigenvalue weighted by molar-refractivity contribution is -0.0871. The van der Waals surface area contributed by atoms with Gasteiger partial charge in [0.1, 0.15) is 11.3 Å². The summed E-state index contributed by atoms with van der Waals surface area (Å²) in [6, 6.07) is 9.81. The van der Waals surface area contributed by atoms with Crippen molar-refractivity contribution in [1.82, 2.24) is 14.8 Å². The molecule has 1 saturated carbocycles. The standard InChI is InChI=1S/C25H28ClN3O6S/c1-24(14-35-15-24)16-36(33,34)25(8-9-25)13-28-10-11-29-20(23(28)32)7-6-19(22(29)31)21(30)27-12-17-2-4-18(26)5-3-17/h2-7H,8-16H2,1H3,(H,27,30). The van der Waals surface area contributed by atoms with Crippen LogP contribution in [0.3, 0.4) is 0 Å². The Bertz CT molecular complexity index is 1380. The van der Waals surface area contributed by atoms with Gasteiger partial charge in [-0.25, -0.2) is 8.42 Å². The van der Waals surface area contributed by atoms with Crippen LogP contribution in [-0.4, -0.2) is 66.5 Å². The molecule has 2 amide bonds.